The fourth-order valence-corrected chi connectivity index (χ4v) is 3.07. The number of hydrogen-bond acceptors (Lipinski definition) is 5. The molecule has 1 unspecified atom stereocenters. The van der Waals surface area contributed by atoms with Crippen molar-refractivity contribution < 1.29 is 9.53 Å². The zero-order chi connectivity index (χ0) is 18.7. The number of piperidine rings is 1. The molecule has 26 heavy (non-hydrogen) atoms. The summed E-state index contributed by atoms with van der Waals surface area (Å²) >= 11 is 5.91. The van der Waals surface area contributed by atoms with Crippen LogP contribution in [0.3, 0.4) is 0 Å². The van der Waals surface area contributed by atoms with Crippen LogP contribution in [0.5, 0.6) is 0 Å². The minimum Gasteiger partial charge on any atom is -0.444 e. The van der Waals surface area contributed by atoms with Gasteiger partial charge in [-0.15, -0.1) is 10.2 Å². The fourth-order valence-electron chi connectivity index (χ4n) is 2.95. The van der Waals surface area contributed by atoms with Crippen LogP contribution >= 0.6 is 11.6 Å². The first-order chi connectivity index (χ1) is 12.3. The second kappa shape index (κ2) is 7.61. The lowest BCUT2D eigenvalue weighted by molar-refractivity contribution is 0.00840. The number of aromatic nitrogens is 4. The lowest BCUT2D eigenvalue weighted by Crippen LogP contribution is -2.42. The van der Waals surface area contributed by atoms with Crippen molar-refractivity contribution >= 4 is 17.7 Å². The molecule has 140 valence electrons. The number of likely N-dealkylation sites (tertiary alicyclic amines) is 1. The molecule has 0 N–H and O–H groups in total. The van der Waals surface area contributed by atoms with Gasteiger partial charge in [0.1, 0.15) is 5.60 Å². The number of carbonyl (C=O) groups is 1. The van der Waals surface area contributed by atoms with Crippen molar-refractivity contribution in [2.45, 2.75) is 58.2 Å². The first-order valence-corrected chi connectivity index (χ1v) is 9.21. The zero-order valence-electron chi connectivity index (χ0n) is 15.4. The second-order valence-electron chi connectivity index (χ2n) is 7.49. The first kappa shape index (κ1) is 18.6. The highest BCUT2D eigenvalue weighted by Gasteiger charge is 2.34. The van der Waals surface area contributed by atoms with Crippen LogP contribution < -0.4 is 0 Å². The Balaban J connectivity index is 1.73. The highest BCUT2D eigenvalue weighted by molar-refractivity contribution is 6.30. The molecular weight excluding hydrogens is 354 g/mol. The number of amides is 1. The standard InChI is InChI=1S/C18H24ClN5O2/c1-18(2,3)26-17(25)23-11-5-4-6-15(23)16-20-22-24(21-16)12-13-7-9-14(19)10-8-13/h7-10,15H,4-6,11-12H2,1-3H3. The minimum absolute atomic E-state index is 0.197. The van der Waals surface area contributed by atoms with Crippen molar-refractivity contribution in [2.75, 3.05) is 6.54 Å². The first-order valence-electron chi connectivity index (χ1n) is 8.83. The summed E-state index contributed by atoms with van der Waals surface area (Å²) in [5, 5.41) is 13.5. The second-order valence-corrected chi connectivity index (χ2v) is 7.93. The predicted molar refractivity (Wildman–Crippen MR) is 97.9 cm³/mol. The Bertz CT molecular complexity index is 754. The van der Waals surface area contributed by atoms with Crippen molar-refractivity contribution in [3.63, 3.8) is 0 Å². The van der Waals surface area contributed by atoms with Crippen molar-refractivity contribution in [3.8, 4) is 0 Å². The van der Waals surface area contributed by atoms with Crippen LogP contribution in [0.2, 0.25) is 5.02 Å². The van der Waals surface area contributed by atoms with Crippen molar-refractivity contribution in [1.82, 2.24) is 25.1 Å². The van der Waals surface area contributed by atoms with E-state index in [4.69, 9.17) is 16.3 Å². The van der Waals surface area contributed by atoms with Gasteiger partial charge in [0.2, 0.25) is 0 Å². The van der Waals surface area contributed by atoms with Gasteiger partial charge in [-0.3, -0.25) is 4.90 Å². The van der Waals surface area contributed by atoms with Gasteiger partial charge in [0, 0.05) is 11.6 Å². The molecule has 7 nitrogen and oxygen atoms in total. The summed E-state index contributed by atoms with van der Waals surface area (Å²) in [5.74, 6) is 0.560. The molecule has 1 amide bonds. The average molecular weight is 378 g/mol. The quantitative estimate of drug-likeness (QED) is 0.812. The van der Waals surface area contributed by atoms with E-state index in [2.05, 4.69) is 15.4 Å². The van der Waals surface area contributed by atoms with Gasteiger partial charge in [-0.25, -0.2) is 4.79 Å². The maximum atomic E-state index is 12.5. The summed E-state index contributed by atoms with van der Waals surface area (Å²) in [6.07, 6.45) is 2.47. The molecule has 2 heterocycles. The van der Waals surface area contributed by atoms with Crippen LogP contribution in [0.4, 0.5) is 4.79 Å². The van der Waals surface area contributed by atoms with Crippen LogP contribution in [-0.2, 0) is 11.3 Å². The molecule has 1 aromatic carbocycles. The Kier molecular flexibility index (Phi) is 5.46. The molecule has 1 aliphatic rings. The Morgan fingerprint density at radius 1 is 1.27 bits per heavy atom. The molecule has 8 heteroatoms. The molecule has 1 saturated heterocycles. The summed E-state index contributed by atoms with van der Waals surface area (Å²) < 4.78 is 5.53. The normalized spacial score (nSPS) is 18.0. The topological polar surface area (TPSA) is 73.1 Å². The summed E-state index contributed by atoms with van der Waals surface area (Å²) in [4.78, 5) is 15.8. The van der Waals surface area contributed by atoms with E-state index in [0.29, 0.717) is 23.9 Å². The maximum Gasteiger partial charge on any atom is 0.410 e. The number of rotatable bonds is 3. The van der Waals surface area contributed by atoms with E-state index in [0.717, 1.165) is 24.8 Å². The van der Waals surface area contributed by atoms with E-state index >= 15 is 0 Å². The van der Waals surface area contributed by atoms with E-state index in [-0.39, 0.29) is 12.1 Å². The molecular formula is C18H24ClN5O2. The Morgan fingerprint density at radius 3 is 2.69 bits per heavy atom. The van der Waals surface area contributed by atoms with E-state index in [9.17, 15) is 4.79 Å². The van der Waals surface area contributed by atoms with Crippen molar-refractivity contribution in [2.24, 2.45) is 0 Å². The van der Waals surface area contributed by atoms with E-state index in [1.807, 2.05) is 45.0 Å². The summed E-state index contributed by atoms with van der Waals surface area (Å²) in [5.41, 5.74) is 0.504. The van der Waals surface area contributed by atoms with E-state index in [1.165, 1.54) is 0 Å². The Labute approximate surface area is 158 Å². The van der Waals surface area contributed by atoms with Crippen LogP contribution in [0.1, 0.15) is 57.5 Å². The number of halogens is 1. The molecule has 0 aliphatic carbocycles. The fraction of sp³-hybridized carbons (Fsp3) is 0.556. The summed E-state index contributed by atoms with van der Waals surface area (Å²) in [7, 11) is 0. The van der Waals surface area contributed by atoms with Crippen LogP contribution in [0, 0.1) is 0 Å². The number of tetrazole rings is 1. The predicted octanol–water partition coefficient (Wildman–Crippen LogP) is 3.84. The Hall–Kier alpha value is -2.15. The number of benzene rings is 1. The molecule has 0 bridgehead atoms. The summed E-state index contributed by atoms with van der Waals surface area (Å²) in [6.45, 7) is 6.74. The molecule has 1 aliphatic heterocycles. The van der Waals surface area contributed by atoms with Gasteiger partial charge in [-0.05, 0) is 62.9 Å². The van der Waals surface area contributed by atoms with Gasteiger partial charge >= 0.3 is 6.09 Å². The molecule has 0 saturated carbocycles. The zero-order valence-corrected chi connectivity index (χ0v) is 16.1. The van der Waals surface area contributed by atoms with Crippen LogP contribution in [0.15, 0.2) is 24.3 Å². The molecule has 1 atom stereocenters. The van der Waals surface area contributed by atoms with Crippen molar-refractivity contribution in [1.29, 1.82) is 0 Å². The van der Waals surface area contributed by atoms with Gasteiger partial charge in [-0.1, -0.05) is 23.7 Å². The van der Waals surface area contributed by atoms with Gasteiger partial charge < -0.3 is 4.74 Å². The van der Waals surface area contributed by atoms with Gasteiger partial charge in [0.05, 0.1) is 12.6 Å². The third kappa shape index (κ3) is 4.72. The largest absolute Gasteiger partial charge is 0.444 e. The van der Waals surface area contributed by atoms with Crippen LogP contribution in [0.25, 0.3) is 0 Å². The molecule has 0 spiro atoms. The van der Waals surface area contributed by atoms with Gasteiger partial charge in [0.15, 0.2) is 5.82 Å². The Morgan fingerprint density at radius 2 is 2.00 bits per heavy atom. The minimum atomic E-state index is -0.529. The number of ether oxygens (including phenoxy) is 1. The SMILES string of the molecule is CC(C)(C)OC(=O)N1CCCCC1c1nnn(Cc2ccc(Cl)cc2)n1. The van der Waals surface area contributed by atoms with Gasteiger partial charge in [-0.2, -0.15) is 4.80 Å². The summed E-state index contributed by atoms with van der Waals surface area (Å²) in [6, 6.07) is 7.33. The third-order valence-corrected chi connectivity index (χ3v) is 4.39. The number of carbonyl (C=O) groups excluding carboxylic acids is 1. The smallest absolute Gasteiger partial charge is 0.410 e. The molecule has 1 fully saturated rings. The monoisotopic (exact) mass is 377 g/mol. The third-order valence-electron chi connectivity index (χ3n) is 4.13. The highest BCUT2D eigenvalue weighted by atomic mass is 35.5. The lowest BCUT2D eigenvalue weighted by atomic mass is 10.0. The molecule has 3 rings (SSSR count). The number of hydrogen-bond donors (Lipinski definition) is 0. The number of nitrogens with zero attached hydrogens (tertiary/aromatic N) is 5. The van der Waals surface area contributed by atoms with E-state index < -0.39 is 5.60 Å². The molecule has 2 aromatic rings. The van der Waals surface area contributed by atoms with Gasteiger partial charge in [0.25, 0.3) is 0 Å². The van der Waals surface area contributed by atoms with Crippen LogP contribution in [-0.4, -0.2) is 43.3 Å². The van der Waals surface area contributed by atoms with E-state index in [1.54, 1.807) is 9.70 Å². The average Bonchev–Trinajstić information content (AvgIpc) is 3.04. The van der Waals surface area contributed by atoms with Crippen molar-refractivity contribution in [3.05, 3.63) is 40.7 Å². The molecule has 0 radical (unpaired) electrons. The molecule has 1 aromatic heterocycles. The lowest BCUT2D eigenvalue weighted by Gasteiger charge is -2.35. The maximum absolute atomic E-state index is 12.5. The highest BCUT2D eigenvalue weighted by Crippen LogP contribution is 2.30.